The molecule has 0 bridgehead atoms. The first-order chi connectivity index (χ1) is 14.1. The second-order valence-electron chi connectivity index (χ2n) is 6.50. The minimum absolute atomic E-state index is 0.0610. The molecule has 0 saturated carbocycles. The molecule has 2 heterocycles. The van der Waals surface area contributed by atoms with Crippen molar-refractivity contribution in [1.82, 2.24) is 10.1 Å². The van der Waals surface area contributed by atoms with Crippen molar-refractivity contribution < 1.29 is 18.8 Å². The minimum atomic E-state index is -0.495. The predicted molar refractivity (Wildman–Crippen MR) is 111 cm³/mol. The van der Waals surface area contributed by atoms with Crippen LogP contribution < -0.4 is 5.32 Å². The normalized spacial score (nSPS) is 10.7. The Hall–Kier alpha value is -3.00. The summed E-state index contributed by atoms with van der Waals surface area (Å²) >= 11 is 1.51. The number of thiophene rings is 1. The number of nitrogens with one attached hydrogen (secondary N) is 1. The summed E-state index contributed by atoms with van der Waals surface area (Å²) in [4.78, 5) is 29.0. The summed E-state index contributed by atoms with van der Waals surface area (Å²) in [7, 11) is 0. The number of hydrogen-bond donors (Lipinski definition) is 1. The van der Waals surface area contributed by atoms with Crippen LogP contribution in [0.2, 0.25) is 0 Å². The molecule has 0 atom stereocenters. The first kappa shape index (κ1) is 20.7. The lowest BCUT2D eigenvalue weighted by Crippen LogP contribution is -2.21. The molecular weight excluding hydrogens is 390 g/mol. The van der Waals surface area contributed by atoms with E-state index in [0.717, 1.165) is 24.1 Å². The van der Waals surface area contributed by atoms with E-state index in [-0.39, 0.29) is 25.4 Å². The molecular formula is C21H23N3O4S. The summed E-state index contributed by atoms with van der Waals surface area (Å²) < 4.78 is 10.2. The Labute approximate surface area is 173 Å². The quantitative estimate of drug-likeness (QED) is 0.499. The van der Waals surface area contributed by atoms with Gasteiger partial charge in [-0.15, -0.1) is 11.3 Å². The Morgan fingerprint density at radius 3 is 2.72 bits per heavy atom. The van der Waals surface area contributed by atoms with E-state index in [1.165, 1.54) is 16.9 Å². The number of carbonyl (C=O) groups excluding carboxylic acids is 2. The van der Waals surface area contributed by atoms with Gasteiger partial charge in [0, 0.05) is 12.1 Å². The Morgan fingerprint density at radius 2 is 2.00 bits per heavy atom. The third-order valence-corrected chi connectivity index (χ3v) is 5.04. The molecule has 2 aromatic heterocycles. The number of aromatic nitrogens is 2. The average Bonchev–Trinajstić information content (AvgIpc) is 3.42. The van der Waals surface area contributed by atoms with E-state index >= 15 is 0 Å². The van der Waals surface area contributed by atoms with Crippen LogP contribution in [0.15, 0.2) is 46.3 Å². The van der Waals surface area contributed by atoms with Gasteiger partial charge in [0.25, 0.3) is 5.91 Å². The second-order valence-corrected chi connectivity index (χ2v) is 7.45. The average molecular weight is 413 g/mol. The molecule has 7 nitrogen and oxygen atoms in total. The zero-order chi connectivity index (χ0) is 20.5. The monoisotopic (exact) mass is 413 g/mol. The molecule has 29 heavy (non-hydrogen) atoms. The van der Waals surface area contributed by atoms with Crippen LogP contribution in [0.4, 0.5) is 5.69 Å². The minimum Gasteiger partial charge on any atom is -0.456 e. The highest BCUT2D eigenvalue weighted by Gasteiger charge is 2.13. The van der Waals surface area contributed by atoms with Crippen molar-refractivity contribution in [2.45, 2.75) is 39.0 Å². The maximum Gasteiger partial charge on any atom is 0.306 e. The maximum atomic E-state index is 12.0. The Balaban J connectivity index is 1.37. The molecule has 0 fully saturated rings. The van der Waals surface area contributed by atoms with Gasteiger partial charge in [0.1, 0.15) is 0 Å². The summed E-state index contributed by atoms with van der Waals surface area (Å²) in [6.45, 7) is 1.82. The van der Waals surface area contributed by atoms with Gasteiger partial charge in [-0.25, -0.2) is 0 Å². The van der Waals surface area contributed by atoms with Crippen LogP contribution in [0.5, 0.6) is 0 Å². The topological polar surface area (TPSA) is 94.3 Å². The predicted octanol–water partition coefficient (Wildman–Crippen LogP) is 4.26. The number of benzene rings is 1. The van der Waals surface area contributed by atoms with E-state index in [4.69, 9.17) is 9.26 Å². The first-order valence-corrected chi connectivity index (χ1v) is 10.4. The van der Waals surface area contributed by atoms with E-state index in [1.807, 2.05) is 41.8 Å². The highest BCUT2D eigenvalue weighted by Crippen LogP contribution is 2.21. The van der Waals surface area contributed by atoms with E-state index < -0.39 is 5.97 Å². The van der Waals surface area contributed by atoms with Crippen molar-refractivity contribution in [3.05, 3.63) is 53.2 Å². The molecule has 0 radical (unpaired) electrons. The zero-order valence-electron chi connectivity index (χ0n) is 16.2. The molecule has 1 amide bonds. The molecule has 0 saturated heterocycles. The SMILES string of the molecule is CCCCc1ccc(NC(=O)COC(=O)CCc2nc(-c3cccs3)no2)cc1. The maximum absolute atomic E-state index is 12.0. The van der Waals surface area contributed by atoms with E-state index in [2.05, 4.69) is 22.4 Å². The number of unbranched alkanes of at least 4 members (excludes halogenated alkanes) is 1. The third kappa shape index (κ3) is 6.53. The van der Waals surface area contributed by atoms with Crippen molar-refractivity contribution in [2.24, 2.45) is 0 Å². The summed E-state index contributed by atoms with van der Waals surface area (Å²) in [5.74, 6) is -0.00945. The number of aryl methyl sites for hydroxylation is 2. The molecule has 0 aliphatic rings. The third-order valence-electron chi connectivity index (χ3n) is 4.17. The van der Waals surface area contributed by atoms with Crippen molar-refractivity contribution in [1.29, 1.82) is 0 Å². The Morgan fingerprint density at radius 1 is 1.17 bits per heavy atom. The number of rotatable bonds is 10. The van der Waals surface area contributed by atoms with Gasteiger partial charge in [-0.05, 0) is 42.0 Å². The van der Waals surface area contributed by atoms with E-state index in [9.17, 15) is 9.59 Å². The highest BCUT2D eigenvalue weighted by atomic mass is 32.1. The molecule has 0 spiro atoms. The molecule has 1 aromatic carbocycles. The molecule has 0 unspecified atom stereocenters. The Kier molecular flexibility index (Phi) is 7.52. The van der Waals surface area contributed by atoms with Crippen LogP contribution in [0.1, 0.15) is 37.6 Å². The van der Waals surface area contributed by atoms with Gasteiger partial charge >= 0.3 is 5.97 Å². The lowest BCUT2D eigenvalue weighted by Gasteiger charge is -2.07. The van der Waals surface area contributed by atoms with E-state index in [0.29, 0.717) is 17.4 Å². The van der Waals surface area contributed by atoms with Crippen molar-refractivity contribution in [2.75, 3.05) is 11.9 Å². The van der Waals surface area contributed by atoms with Gasteiger partial charge in [-0.2, -0.15) is 4.98 Å². The summed E-state index contributed by atoms with van der Waals surface area (Å²) in [5.41, 5.74) is 1.91. The fraction of sp³-hybridized carbons (Fsp3) is 0.333. The van der Waals surface area contributed by atoms with Gasteiger partial charge in [0.2, 0.25) is 11.7 Å². The largest absolute Gasteiger partial charge is 0.456 e. The van der Waals surface area contributed by atoms with Crippen LogP contribution in [-0.2, 0) is 27.2 Å². The molecule has 1 N–H and O–H groups in total. The zero-order valence-corrected chi connectivity index (χ0v) is 17.0. The summed E-state index contributed by atoms with van der Waals surface area (Å²) in [6.07, 6.45) is 3.63. The standard InChI is InChI=1S/C21H23N3O4S/c1-2-3-5-15-7-9-16(10-8-15)22-18(25)14-27-20(26)12-11-19-23-21(24-28-19)17-6-4-13-29-17/h4,6-10,13H,2-3,5,11-12,14H2,1H3,(H,22,25). The number of carbonyl (C=O) groups is 2. The van der Waals surface area contributed by atoms with Gasteiger partial charge < -0.3 is 14.6 Å². The fourth-order valence-electron chi connectivity index (χ4n) is 2.62. The summed E-state index contributed by atoms with van der Waals surface area (Å²) in [6, 6.07) is 11.5. The van der Waals surface area contributed by atoms with Gasteiger partial charge in [-0.1, -0.05) is 36.7 Å². The van der Waals surface area contributed by atoms with Crippen molar-refractivity contribution in [3.8, 4) is 10.7 Å². The molecule has 0 aliphatic carbocycles. The second kappa shape index (κ2) is 10.5. The number of ether oxygens (including phenoxy) is 1. The number of amides is 1. The molecule has 152 valence electrons. The lowest BCUT2D eigenvalue weighted by atomic mass is 10.1. The van der Waals surface area contributed by atoms with Crippen molar-refractivity contribution >= 4 is 28.9 Å². The molecule has 0 aliphatic heterocycles. The van der Waals surface area contributed by atoms with Gasteiger partial charge in [0.05, 0.1) is 11.3 Å². The van der Waals surface area contributed by atoms with Crippen LogP contribution in [0.25, 0.3) is 10.7 Å². The first-order valence-electron chi connectivity index (χ1n) is 9.55. The number of nitrogens with zero attached hydrogens (tertiary/aromatic N) is 2. The fourth-order valence-corrected chi connectivity index (χ4v) is 3.27. The number of hydrogen-bond acceptors (Lipinski definition) is 7. The van der Waals surface area contributed by atoms with E-state index in [1.54, 1.807) is 0 Å². The molecule has 8 heteroatoms. The van der Waals surface area contributed by atoms with Crippen molar-refractivity contribution in [3.63, 3.8) is 0 Å². The summed E-state index contributed by atoms with van der Waals surface area (Å²) in [5, 5.41) is 8.53. The van der Waals surface area contributed by atoms with Crippen LogP contribution in [-0.4, -0.2) is 28.6 Å². The lowest BCUT2D eigenvalue weighted by molar-refractivity contribution is -0.147. The van der Waals surface area contributed by atoms with Gasteiger partial charge in [-0.3, -0.25) is 9.59 Å². The number of anilines is 1. The highest BCUT2D eigenvalue weighted by molar-refractivity contribution is 7.13. The molecule has 3 rings (SSSR count). The molecule has 3 aromatic rings. The van der Waals surface area contributed by atoms with Crippen LogP contribution in [0.3, 0.4) is 0 Å². The van der Waals surface area contributed by atoms with Gasteiger partial charge in [0.15, 0.2) is 6.61 Å². The smallest absolute Gasteiger partial charge is 0.306 e. The van der Waals surface area contributed by atoms with Crippen LogP contribution in [0, 0.1) is 0 Å². The number of esters is 1. The van der Waals surface area contributed by atoms with Crippen LogP contribution >= 0.6 is 11.3 Å². The Bertz CT molecular complexity index is 920.